The fourth-order valence-electron chi connectivity index (χ4n) is 11.4. The van der Waals surface area contributed by atoms with Gasteiger partial charge < -0.3 is 9.80 Å². The highest BCUT2D eigenvalue weighted by Gasteiger charge is 2.34. The standard InChI is InChI=1S/C62H50N2S2/c1-36(2)48-35-54(64(41-27-23-38(4)24-28-41)52-18-12-16-46-43-14-8-10-20-56(43)66-61(46)52)49-34-50-57-39(31-32-62(50,5)6)33-53(47-30-29-44(48)58(49)59(47)57)63(40-25-21-37(3)22-26-40)51-17-11-15-45-42-13-7-9-19-55(42)65-60(45)51/h7-30,33-36H,31-32H2,1-6H3. The zero-order chi connectivity index (χ0) is 44.6. The lowest BCUT2D eigenvalue weighted by Crippen LogP contribution is -2.24. The Hall–Kier alpha value is -6.72. The minimum absolute atomic E-state index is 0.0191. The van der Waals surface area contributed by atoms with Crippen molar-refractivity contribution in [3.05, 3.63) is 192 Å². The molecule has 0 amide bonds. The third-order valence-corrected chi connectivity index (χ3v) is 17.2. The smallest absolute Gasteiger partial charge is 0.0640 e. The van der Waals surface area contributed by atoms with E-state index in [0.717, 1.165) is 12.8 Å². The molecule has 10 aromatic carbocycles. The number of fused-ring (bicyclic) bond motifs is 6. The number of aryl methyl sites for hydroxylation is 3. The fraction of sp³-hybridized carbons (Fsp3) is 0.161. The Morgan fingerprint density at radius 3 is 1.53 bits per heavy atom. The van der Waals surface area contributed by atoms with Gasteiger partial charge in [-0.25, -0.2) is 0 Å². The Morgan fingerprint density at radius 1 is 0.455 bits per heavy atom. The van der Waals surface area contributed by atoms with Gasteiger partial charge in [-0.1, -0.05) is 136 Å². The van der Waals surface area contributed by atoms with Crippen molar-refractivity contribution in [2.24, 2.45) is 0 Å². The lowest BCUT2D eigenvalue weighted by atomic mass is 9.70. The van der Waals surface area contributed by atoms with Gasteiger partial charge >= 0.3 is 0 Å². The molecule has 2 nitrogen and oxygen atoms in total. The molecule has 0 fully saturated rings. The first-order chi connectivity index (χ1) is 32.1. The van der Waals surface area contributed by atoms with Crippen LogP contribution in [0.5, 0.6) is 0 Å². The summed E-state index contributed by atoms with van der Waals surface area (Å²) in [6, 6.07) is 62.7. The van der Waals surface area contributed by atoms with E-state index in [9.17, 15) is 0 Å². The topological polar surface area (TPSA) is 6.48 Å². The van der Waals surface area contributed by atoms with Crippen LogP contribution in [0.3, 0.4) is 0 Å². The lowest BCUT2D eigenvalue weighted by Gasteiger charge is -2.37. The largest absolute Gasteiger partial charge is 0.308 e. The molecule has 0 spiro atoms. The molecule has 1 aliphatic rings. The van der Waals surface area contributed by atoms with Crippen molar-refractivity contribution >= 4 is 129 Å². The number of thiophene rings is 2. The van der Waals surface area contributed by atoms with Gasteiger partial charge in [0.15, 0.2) is 0 Å². The van der Waals surface area contributed by atoms with E-state index in [1.165, 1.54) is 135 Å². The van der Waals surface area contributed by atoms with E-state index < -0.39 is 0 Å². The summed E-state index contributed by atoms with van der Waals surface area (Å²) in [7, 11) is 0. The molecular weight excluding hydrogens is 837 g/mol. The second kappa shape index (κ2) is 14.6. The highest BCUT2D eigenvalue weighted by Crippen LogP contribution is 2.56. The highest BCUT2D eigenvalue weighted by atomic mass is 32.1. The first-order valence-corrected chi connectivity index (χ1v) is 25.1. The van der Waals surface area contributed by atoms with Crippen molar-refractivity contribution in [1.82, 2.24) is 0 Å². The molecule has 4 heteroatoms. The maximum atomic E-state index is 2.62. The predicted molar refractivity (Wildman–Crippen MR) is 290 cm³/mol. The monoisotopic (exact) mass is 886 g/mol. The fourth-order valence-corrected chi connectivity index (χ4v) is 13.8. The van der Waals surface area contributed by atoms with Gasteiger partial charge in [-0.15, -0.1) is 22.7 Å². The molecule has 0 radical (unpaired) electrons. The Morgan fingerprint density at radius 2 is 0.970 bits per heavy atom. The molecule has 12 aromatic rings. The minimum atomic E-state index is -0.0191. The number of rotatable bonds is 7. The molecule has 0 atom stereocenters. The van der Waals surface area contributed by atoms with E-state index in [1.54, 1.807) is 0 Å². The summed E-state index contributed by atoms with van der Waals surface area (Å²) in [6.45, 7) is 14.1. The molecule has 0 bridgehead atoms. The SMILES string of the molecule is Cc1ccc(N(c2cc(C(C)C)c3ccc4c(N(c5ccc(C)cc5)c5cccc6c5sc5ccccc56)cc5c6c(cc2c3c46)C(C)(C)CC5)c2cccc3c2sc2ccccc23)cc1. The van der Waals surface area contributed by atoms with Gasteiger partial charge in [0.1, 0.15) is 0 Å². The number of anilines is 6. The second-order valence-electron chi connectivity index (χ2n) is 19.7. The van der Waals surface area contributed by atoms with E-state index in [0.29, 0.717) is 5.92 Å². The van der Waals surface area contributed by atoms with Gasteiger partial charge in [0.25, 0.3) is 0 Å². The summed E-state index contributed by atoms with van der Waals surface area (Å²) in [6.07, 6.45) is 2.12. The number of benzene rings is 10. The van der Waals surface area contributed by atoms with Crippen LogP contribution in [0.15, 0.2) is 164 Å². The maximum absolute atomic E-state index is 2.62. The second-order valence-corrected chi connectivity index (χ2v) is 21.8. The Bertz CT molecular complexity index is 3900. The summed E-state index contributed by atoms with van der Waals surface area (Å²) >= 11 is 3.82. The van der Waals surface area contributed by atoms with E-state index in [1.807, 2.05) is 22.7 Å². The molecule has 0 saturated carbocycles. The quantitative estimate of drug-likeness (QED) is 0.147. The minimum Gasteiger partial charge on any atom is -0.308 e. The van der Waals surface area contributed by atoms with E-state index in [4.69, 9.17) is 0 Å². The molecule has 0 aliphatic heterocycles. The van der Waals surface area contributed by atoms with E-state index in [-0.39, 0.29) is 5.41 Å². The van der Waals surface area contributed by atoms with Crippen LogP contribution in [-0.2, 0) is 11.8 Å². The summed E-state index contributed by atoms with van der Waals surface area (Å²) < 4.78 is 5.26. The summed E-state index contributed by atoms with van der Waals surface area (Å²) in [5.41, 5.74) is 14.1. The lowest BCUT2D eigenvalue weighted by molar-refractivity contribution is 0.475. The van der Waals surface area contributed by atoms with Gasteiger partial charge in [0.2, 0.25) is 0 Å². The molecular formula is C62H50N2S2. The average molecular weight is 887 g/mol. The van der Waals surface area contributed by atoms with Gasteiger partial charge in [-0.05, 0) is 138 Å². The average Bonchev–Trinajstić information content (AvgIpc) is 3.91. The maximum Gasteiger partial charge on any atom is 0.0640 e. The molecule has 0 N–H and O–H groups in total. The third kappa shape index (κ3) is 5.84. The van der Waals surface area contributed by atoms with E-state index >= 15 is 0 Å². The molecule has 2 heterocycles. The van der Waals surface area contributed by atoms with Crippen molar-refractivity contribution in [3.8, 4) is 0 Å². The third-order valence-electron chi connectivity index (χ3n) is 14.8. The zero-order valence-corrected chi connectivity index (χ0v) is 39.9. The van der Waals surface area contributed by atoms with E-state index in [2.05, 4.69) is 215 Å². The number of hydrogen-bond acceptors (Lipinski definition) is 4. The normalized spacial score (nSPS) is 13.7. The first-order valence-electron chi connectivity index (χ1n) is 23.5. The molecule has 1 aliphatic carbocycles. The Balaban J connectivity index is 1.18. The number of nitrogens with zero attached hydrogens (tertiary/aromatic N) is 2. The van der Waals surface area contributed by atoms with Crippen LogP contribution in [0.4, 0.5) is 34.1 Å². The summed E-state index contributed by atoms with van der Waals surface area (Å²) in [5.74, 6) is 0.297. The van der Waals surface area contributed by atoms with Crippen molar-refractivity contribution in [2.75, 3.05) is 9.80 Å². The van der Waals surface area contributed by atoms with Gasteiger partial charge in [-0.3, -0.25) is 0 Å². The van der Waals surface area contributed by atoms with Gasteiger partial charge in [0, 0.05) is 58.5 Å². The van der Waals surface area contributed by atoms with Crippen LogP contribution in [0.2, 0.25) is 0 Å². The van der Waals surface area contributed by atoms with Crippen LogP contribution >= 0.6 is 22.7 Å². The molecule has 13 rings (SSSR count). The highest BCUT2D eigenvalue weighted by molar-refractivity contribution is 7.26. The Labute approximate surface area is 394 Å². The van der Waals surface area contributed by atoms with Crippen molar-refractivity contribution in [2.45, 2.75) is 65.7 Å². The first kappa shape index (κ1) is 39.6. The van der Waals surface area contributed by atoms with Crippen molar-refractivity contribution < 1.29 is 0 Å². The molecule has 0 saturated heterocycles. The van der Waals surface area contributed by atoms with Crippen LogP contribution in [0.1, 0.15) is 67.9 Å². The van der Waals surface area contributed by atoms with Crippen molar-refractivity contribution in [1.29, 1.82) is 0 Å². The van der Waals surface area contributed by atoms with Gasteiger partial charge in [-0.2, -0.15) is 0 Å². The van der Waals surface area contributed by atoms with Gasteiger partial charge in [0.05, 0.1) is 32.1 Å². The van der Waals surface area contributed by atoms with Crippen molar-refractivity contribution in [3.63, 3.8) is 0 Å². The zero-order valence-electron chi connectivity index (χ0n) is 38.3. The summed E-state index contributed by atoms with van der Waals surface area (Å²) in [4.78, 5) is 5.18. The predicted octanol–water partition coefficient (Wildman–Crippen LogP) is 19.2. The molecule has 320 valence electrons. The van der Waals surface area contributed by atoms with Crippen LogP contribution < -0.4 is 9.80 Å². The summed E-state index contributed by atoms with van der Waals surface area (Å²) in [5, 5.41) is 13.4. The van der Waals surface area contributed by atoms with Crippen LogP contribution in [0.25, 0.3) is 72.7 Å². The molecule has 2 aromatic heterocycles. The Kier molecular flexibility index (Phi) is 8.79. The molecule has 66 heavy (non-hydrogen) atoms. The van der Waals surface area contributed by atoms with Crippen LogP contribution in [0, 0.1) is 13.8 Å². The molecule has 0 unspecified atom stereocenters. The van der Waals surface area contributed by atoms with Crippen LogP contribution in [-0.4, -0.2) is 0 Å². The number of hydrogen-bond donors (Lipinski definition) is 0.